The molecule has 2 nitrogen and oxygen atoms in total. The highest BCUT2D eigenvalue weighted by Crippen LogP contribution is 2.15. The van der Waals surface area contributed by atoms with Crippen molar-refractivity contribution in [1.29, 1.82) is 0 Å². The molecule has 2 heteroatoms. The third kappa shape index (κ3) is 5.12. The molecular weight excluding hydrogens is 164 g/mol. The van der Waals surface area contributed by atoms with E-state index in [1.165, 1.54) is 6.42 Å². The van der Waals surface area contributed by atoms with Crippen molar-refractivity contribution in [2.24, 2.45) is 0 Å². The maximum atomic E-state index is 4.96. The Kier molecular flexibility index (Phi) is 6.79. The lowest BCUT2D eigenvalue weighted by atomic mass is 10.3. The predicted molar refractivity (Wildman–Crippen MR) is 55.5 cm³/mol. The maximum Gasteiger partial charge on any atom is 0.119 e. The van der Waals surface area contributed by atoms with Crippen LogP contribution in [0.1, 0.15) is 20.3 Å². The quantitative estimate of drug-likeness (QED) is 0.699. The lowest BCUT2D eigenvalue weighted by Gasteiger charge is -2.00. The first-order valence-corrected chi connectivity index (χ1v) is 4.46. The Balaban J connectivity index is 0.000000424. The summed E-state index contributed by atoms with van der Waals surface area (Å²) in [6, 6.07) is 7.44. The van der Waals surface area contributed by atoms with Gasteiger partial charge in [0.05, 0.1) is 14.2 Å². The van der Waals surface area contributed by atoms with Crippen LogP contribution in [0.25, 0.3) is 0 Å². The van der Waals surface area contributed by atoms with Gasteiger partial charge >= 0.3 is 0 Å². The second-order valence-corrected chi connectivity index (χ2v) is 2.59. The van der Waals surface area contributed by atoms with E-state index in [4.69, 9.17) is 9.47 Å². The second-order valence-electron chi connectivity index (χ2n) is 2.59. The monoisotopic (exact) mass is 182 g/mol. The van der Waals surface area contributed by atoms with Crippen LogP contribution in [0.4, 0.5) is 0 Å². The summed E-state index contributed by atoms with van der Waals surface area (Å²) in [5, 5.41) is 0. The summed E-state index contributed by atoms with van der Waals surface area (Å²) in [4.78, 5) is 0. The molecule has 0 aliphatic rings. The van der Waals surface area contributed by atoms with Crippen LogP contribution in [-0.2, 0) is 0 Å². The third-order valence-electron chi connectivity index (χ3n) is 1.30. The Bertz CT molecular complexity index is 181. The number of methoxy groups -OCH3 is 2. The van der Waals surface area contributed by atoms with E-state index in [9.17, 15) is 0 Å². The first-order valence-electron chi connectivity index (χ1n) is 4.46. The highest BCUT2D eigenvalue weighted by Gasteiger charge is 1.89. The minimum absolute atomic E-state index is 0.848. The molecule has 0 amide bonds. The molecule has 0 aliphatic heterocycles. The smallest absolute Gasteiger partial charge is 0.119 e. The average Bonchev–Trinajstić information content (AvgIpc) is 2.19. The molecule has 1 rings (SSSR count). The third-order valence-corrected chi connectivity index (χ3v) is 1.30. The van der Waals surface area contributed by atoms with Crippen molar-refractivity contribution >= 4 is 0 Å². The van der Waals surface area contributed by atoms with Gasteiger partial charge in [-0.05, 0) is 24.3 Å². The SMILES string of the molecule is CCC.COc1ccc(OC)cc1. The van der Waals surface area contributed by atoms with Crippen LogP contribution in [-0.4, -0.2) is 14.2 Å². The minimum Gasteiger partial charge on any atom is -0.497 e. The number of benzene rings is 1. The van der Waals surface area contributed by atoms with E-state index < -0.39 is 0 Å². The summed E-state index contributed by atoms with van der Waals surface area (Å²) in [6.45, 7) is 4.25. The van der Waals surface area contributed by atoms with Crippen LogP contribution in [0.3, 0.4) is 0 Å². The molecule has 74 valence electrons. The summed E-state index contributed by atoms with van der Waals surface area (Å²) in [6.07, 6.45) is 1.25. The zero-order valence-corrected chi connectivity index (χ0v) is 8.83. The molecule has 0 aliphatic carbocycles. The first kappa shape index (κ1) is 11.8. The molecule has 0 radical (unpaired) electrons. The summed E-state index contributed by atoms with van der Waals surface area (Å²) in [5.41, 5.74) is 0. The van der Waals surface area contributed by atoms with Crippen molar-refractivity contribution in [2.75, 3.05) is 14.2 Å². The molecule has 13 heavy (non-hydrogen) atoms. The van der Waals surface area contributed by atoms with E-state index >= 15 is 0 Å². The molecule has 0 bridgehead atoms. The molecule has 0 heterocycles. The largest absolute Gasteiger partial charge is 0.497 e. The summed E-state index contributed by atoms with van der Waals surface area (Å²) >= 11 is 0. The van der Waals surface area contributed by atoms with Crippen molar-refractivity contribution in [3.05, 3.63) is 24.3 Å². The van der Waals surface area contributed by atoms with Gasteiger partial charge in [-0.3, -0.25) is 0 Å². The second kappa shape index (κ2) is 7.47. The van der Waals surface area contributed by atoms with E-state index in [0.717, 1.165) is 11.5 Å². The molecule has 0 fully saturated rings. The molecule has 0 unspecified atom stereocenters. The van der Waals surface area contributed by atoms with Crippen molar-refractivity contribution in [3.63, 3.8) is 0 Å². The lowest BCUT2D eigenvalue weighted by Crippen LogP contribution is -1.83. The van der Waals surface area contributed by atoms with Crippen LogP contribution in [0, 0.1) is 0 Å². The van der Waals surface area contributed by atoms with Gasteiger partial charge in [-0.1, -0.05) is 20.3 Å². The number of hydrogen-bond donors (Lipinski definition) is 0. The average molecular weight is 182 g/mol. The minimum atomic E-state index is 0.848. The summed E-state index contributed by atoms with van der Waals surface area (Å²) in [7, 11) is 3.28. The molecule has 1 aromatic carbocycles. The zero-order valence-electron chi connectivity index (χ0n) is 8.83. The fourth-order valence-corrected chi connectivity index (χ4v) is 0.712. The van der Waals surface area contributed by atoms with Gasteiger partial charge < -0.3 is 9.47 Å². The van der Waals surface area contributed by atoms with Gasteiger partial charge in [-0.15, -0.1) is 0 Å². The van der Waals surface area contributed by atoms with Gasteiger partial charge in [0.1, 0.15) is 11.5 Å². The van der Waals surface area contributed by atoms with Gasteiger partial charge in [0, 0.05) is 0 Å². The molecule has 1 aromatic rings. The van der Waals surface area contributed by atoms with Crippen LogP contribution in [0.15, 0.2) is 24.3 Å². The maximum absolute atomic E-state index is 4.96. The molecule has 0 aromatic heterocycles. The molecule has 0 atom stereocenters. The van der Waals surface area contributed by atoms with Crippen LogP contribution >= 0.6 is 0 Å². The number of rotatable bonds is 2. The van der Waals surface area contributed by atoms with Gasteiger partial charge in [0.15, 0.2) is 0 Å². The molecule has 0 spiro atoms. The van der Waals surface area contributed by atoms with Crippen LogP contribution < -0.4 is 9.47 Å². The van der Waals surface area contributed by atoms with E-state index in [1.54, 1.807) is 14.2 Å². The molecule has 0 N–H and O–H groups in total. The van der Waals surface area contributed by atoms with E-state index in [-0.39, 0.29) is 0 Å². The van der Waals surface area contributed by atoms with Crippen LogP contribution in [0.5, 0.6) is 11.5 Å². The molecule has 0 saturated heterocycles. The molecular formula is C11H18O2. The highest BCUT2D eigenvalue weighted by molar-refractivity contribution is 5.30. The molecule has 0 saturated carbocycles. The Hall–Kier alpha value is -1.18. The Morgan fingerprint density at radius 1 is 0.846 bits per heavy atom. The summed E-state index contributed by atoms with van der Waals surface area (Å²) in [5.74, 6) is 1.70. The van der Waals surface area contributed by atoms with Crippen molar-refractivity contribution < 1.29 is 9.47 Å². The fraction of sp³-hybridized carbons (Fsp3) is 0.455. The number of ether oxygens (including phenoxy) is 2. The summed E-state index contributed by atoms with van der Waals surface area (Å²) < 4.78 is 9.92. The fourth-order valence-electron chi connectivity index (χ4n) is 0.712. The van der Waals surface area contributed by atoms with Crippen molar-refractivity contribution in [2.45, 2.75) is 20.3 Å². The first-order chi connectivity index (χ1) is 6.28. The standard InChI is InChI=1S/C8H10O2.C3H8/c1-9-7-3-5-8(10-2)6-4-7;1-3-2/h3-6H,1-2H3;3H2,1-2H3. The normalized spacial score (nSPS) is 8.31. The van der Waals surface area contributed by atoms with Crippen molar-refractivity contribution in [3.8, 4) is 11.5 Å². The topological polar surface area (TPSA) is 18.5 Å². The van der Waals surface area contributed by atoms with Crippen molar-refractivity contribution in [1.82, 2.24) is 0 Å². The van der Waals surface area contributed by atoms with Gasteiger partial charge in [-0.2, -0.15) is 0 Å². The Morgan fingerprint density at radius 2 is 1.08 bits per heavy atom. The van der Waals surface area contributed by atoms with Gasteiger partial charge in [0.2, 0.25) is 0 Å². The van der Waals surface area contributed by atoms with Crippen LogP contribution in [0.2, 0.25) is 0 Å². The zero-order chi connectivity index (χ0) is 10.1. The Morgan fingerprint density at radius 3 is 1.23 bits per heavy atom. The lowest BCUT2D eigenvalue weighted by molar-refractivity contribution is 0.403. The highest BCUT2D eigenvalue weighted by atomic mass is 16.5. The Labute approximate surface area is 80.5 Å². The van der Waals surface area contributed by atoms with E-state index in [1.807, 2.05) is 24.3 Å². The van der Waals surface area contributed by atoms with E-state index in [2.05, 4.69) is 13.8 Å². The van der Waals surface area contributed by atoms with Gasteiger partial charge in [-0.25, -0.2) is 0 Å². The number of hydrogen-bond acceptors (Lipinski definition) is 2. The predicted octanol–water partition coefficient (Wildman–Crippen LogP) is 3.12. The van der Waals surface area contributed by atoms with E-state index in [0.29, 0.717) is 0 Å². The van der Waals surface area contributed by atoms with Gasteiger partial charge in [0.25, 0.3) is 0 Å².